The lowest BCUT2D eigenvalue weighted by atomic mass is 10.2. The molecule has 2 aliphatic rings. The first-order valence-corrected chi connectivity index (χ1v) is 7.47. The van der Waals surface area contributed by atoms with Gasteiger partial charge in [-0.25, -0.2) is 4.79 Å². The number of amides is 2. The number of cyclic esters (lactones) is 1. The van der Waals surface area contributed by atoms with Gasteiger partial charge in [0.25, 0.3) is 0 Å². The van der Waals surface area contributed by atoms with Crippen LogP contribution in [-0.4, -0.2) is 58.7 Å². The van der Waals surface area contributed by atoms with Crippen LogP contribution in [0.4, 0.5) is 4.79 Å². The number of hydrogen-bond donors (Lipinski definition) is 0. The Kier molecular flexibility index (Phi) is 3.03. The van der Waals surface area contributed by atoms with Gasteiger partial charge in [-0.05, 0) is 17.5 Å². The van der Waals surface area contributed by atoms with Gasteiger partial charge in [0.15, 0.2) is 0 Å². The number of nitrogens with zero attached hydrogens (tertiary/aromatic N) is 3. The first kappa shape index (κ1) is 13.2. The average molecular weight is 299 g/mol. The summed E-state index contributed by atoms with van der Waals surface area (Å²) in [7, 11) is 0. The summed E-state index contributed by atoms with van der Waals surface area (Å²) in [6, 6.07) is 10.0. The van der Waals surface area contributed by atoms with Crippen LogP contribution in [-0.2, 0) is 16.1 Å². The topological polar surface area (TPSA) is 54.8 Å². The van der Waals surface area contributed by atoms with Crippen molar-refractivity contribution >= 4 is 22.9 Å². The molecule has 1 aromatic carbocycles. The maximum Gasteiger partial charge on any atom is 0.410 e. The lowest BCUT2D eigenvalue weighted by Gasteiger charge is -2.35. The van der Waals surface area contributed by atoms with Crippen molar-refractivity contribution in [2.75, 3.05) is 26.2 Å². The number of ether oxygens (including phenoxy) is 1. The molecule has 2 aromatic rings. The minimum Gasteiger partial charge on any atom is -0.447 e. The van der Waals surface area contributed by atoms with Crippen molar-refractivity contribution in [1.82, 2.24) is 14.4 Å². The van der Waals surface area contributed by atoms with Crippen LogP contribution in [0, 0.1) is 0 Å². The smallest absolute Gasteiger partial charge is 0.410 e. The molecule has 2 fully saturated rings. The van der Waals surface area contributed by atoms with E-state index in [4.69, 9.17) is 4.74 Å². The lowest BCUT2D eigenvalue weighted by molar-refractivity contribution is -0.133. The fourth-order valence-corrected chi connectivity index (χ4v) is 3.24. The first-order chi connectivity index (χ1) is 10.7. The molecule has 1 unspecified atom stereocenters. The third-order valence-electron chi connectivity index (χ3n) is 4.45. The molecule has 1 atom stereocenters. The summed E-state index contributed by atoms with van der Waals surface area (Å²) in [5.41, 5.74) is 1.06. The molecule has 22 heavy (non-hydrogen) atoms. The summed E-state index contributed by atoms with van der Waals surface area (Å²) >= 11 is 0. The minimum absolute atomic E-state index is 0.00612. The van der Waals surface area contributed by atoms with E-state index in [2.05, 4.69) is 0 Å². The number of rotatable bonds is 2. The number of benzene rings is 1. The Morgan fingerprint density at radius 3 is 3.00 bits per heavy atom. The zero-order valence-electron chi connectivity index (χ0n) is 12.1. The molecule has 0 spiro atoms. The number of carbonyl (C=O) groups excluding carboxylic acids is 2. The van der Waals surface area contributed by atoms with Crippen molar-refractivity contribution in [3.05, 3.63) is 36.5 Å². The Morgan fingerprint density at radius 1 is 1.23 bits per heavy atom. The predicted octanol–water partition coefficient (Wildman–Crippen LogP) is 1.30. The van der Waals surface area contributed by atoms with Crippen molar-refractivity contribution in [2.24, 2.45) is 0 Å². The van der Waals surface area contributed by atoms with E-state index in [0.717, 1.165) is 10.9 Å². The van der Waals surface area contributed by atoms with Crippen molar-refractivity contribution in [1.29, 1.82) is 0 Å². The van der Waals surface area contributed by atoms with E-state index in [9.17, 15) is 9.59 Å². The summed E-state index contributed by atoms with van der Waals surface area (Å²) in [5.74, 6) is 0.0837. The summed E-state index contributed by atoms with van der Waals surface area (Å²) in [6.07, 6.45) is 1.69. The van der Waals surface area contributed by atoms with E-state index in [-0.39, 0.29) is 18.0 Å². The van der Waals surface area contributed by atoms with E-state index >= 15 is 0 Å². The van der Waals surface area contributed by atoms with Crippen LogP contribution in [0.3, 0.4) is 0 Å². The second kappa shape index (κ2) is 5.05. The molecule has 1 aromatic heterocycles. The van der Waals surface area contributed by atoms with Crippen molar-refractivity contribution in [2.45, 2.75) is 12.6 Å². The molecule has 2 saturated heterocycles. The third kappa shape index (κ3) is 2.11. The summed E-state index contributed by atoms with van der Waals surface area (Å²) in [6.45, 7) is 2.40. The van der Waals surface area contributed by atoms with Gasteiger partial charge in [-0.1, -0.05) is 18.2 Å². The molecule has 6 nitrogen and oxygen atoms in total. The Balaban J connectivity index is 1.47. The van der Waals surface area contributed by atoms with Gasteiger partial charge >= 0.3 is 6.09 Å². The third-order valence-corrected chi connectivity index (χ3v) is 4.45. The Hall–Kier alpha value is -2.50. The molecule has 2 aliphatic heterocycles. The van der Waals surface area contributed by atoms with E-state index in [1.54, 1.807) is 4.90 Å². The molecule has 3 heterocycles. The molecule has 4 rings (SSSR count). The number of hydrogen-bond acceptors (Lipinski definition) is 3. The molecule has 0 aliphatic carbocycles. The van der Waals surface area contributed by atoms with Crippen LogP contribution >= 0.6 is 0 Å². The zero-order chi connectivity index (χ0) is 15.1. The molecule has 2 amide bonds. The number of aromatic nitrogens is 1. The van der Waals surface area contributed by atoms with E-state index < -0.39 is 0 Å². The Labute approximate surface area is 127 Å². The SMILES string of the molecule is O=C(Cn1ccc2ccccc21)N1CCN2C(=O)OCC2C1. The van der Waals surface area contributed by atoms with Crippen molar-refractivity contribution in [3.8, 4) is 0 Å². The van der Waals surface area contributed by atoms with Gasteiger partial charge in [0.05, 0.1) is 6.04 Å². The highest BCUT2D eigenvalue weighted by Gasteiger charge is 2.38. The maximum atomic E-state index is 12.5. The molecule has 6 heteroatoms. The highest BCUT2D eigenvalue weighted by Crippen LogP contribution is 2.19. The zero-order valence-corrected chi connectivity index (χ0v) is 12.1. The maximum absolute atomic E-state index is 12.5. The van der Waals surface area contributed by atoms with Gasteiger partial charge < -0.3 is 14.2 Å². The summed E-state index contributed by atoms with van der Waals surface area (Å²) in [4.78, 5) is 27.6. The normalized spacial score (nSPS) is 21.1. The Morgan fingerprint density at radius 2 is 2.09 bits per heavy atom. The molecule has 0 radical (unpaired) electrons. The van der Waals surface area contributed by atoms with E-state index in [1.165, 1.54) is 0 Å². The molecule has 0 saturated carbocycles. The van der Waals surface area contributed by atoms with Gasteiger partial charge in [0, 0.05) is 31.3 Å². The van der Waals surface area contributed by atoms with Crippen LogP contribution in [0.15, 0.2) is 36.5 Å². The molecular weight excluding hydrogens is 282 g/mol. The predicted molar refractivity (Wildman–Crippen MR) is 80.4 cm³/mol. The fraction of sp³-hybridized carbons (Fsp3) is 0.375. The first-order valence-electron chi connectivity index (χ1n) is 7.47. The van der Waals surface area contributed by atoms with Crippen LogP contribution in [0.1, 0.15) is 0 Å². The monoisotopic (exact) mass is 299 g/mol. The molecule has 0 N–H and O–H groups in total. The van der Waals surface area contributed by atoms with Crippen molar-refractivity contribution in [3.63, 3.8) is 0 Å². The van der Waals surface area contributed by atoms with Gasteiger partial charge in [-0.15, -0.1) is 0 Å². The van der Waals surface area contributed by atoms with Gasteiger partial charge in [-0.3, -0.25) is 9.69 Å². The molecular formula is C16H17N3O3. The minimum atomic E-state index is -0.256. The van der Waals surface area contributed by atoms with E-state index in [1.807, 2.05) is 46.0 Å². The van der Waals surface area contributed by atoms with E-state index in [0.29, 0.717) is 32.8 Å². The summed E-state index contributed by atoms with van der Waals surface area (Å²) in [5, 5.41) is 1.13. The highest BCUT2D eigenvalue weighted by molar-refractivity contribution is 5.83. The largest absolute Gasteiger partial charge is 0.447 e. The number of piperazine rings is 1. The van der Waals surface area contributed by atoms with Crippen LogP contribution in [0.2, 0.25) is 0 Å². The van der Waals surface area contributed by atoms with Gasteiger partial charge in [-0.2, -0.15) is 0 Å². The number of para-hydroxylation sites is 1. The van der Waals surface area contributed by atoms with Gasteiger partial charge in [0.1, 0.15) is 13.2 Å². The molecule has 0 bridgehead atoms. The second-order valence-electron chi connectivity index (χ2n) is 5.77. The fourth-order valence-electron chi connectivity index (χ4n) is 3.24. The van der Waals surface area contributed by atoms with Crippen LogP contribution in [0.25, 0.3) is 10.9 Å². The number of carbonyl (C=O) groups is 2. The van der Waals surface area contributed by atoms with Crippen molar-refractivity contribution < 1.29 is 14.3 Å². The number of fused-ring (bicyclic) bond motifs is 2. The second-order valence-corrected chi connectivity index (χ2v) is 5.77. The lowest BCUT2D eigenvalue weighted by Crippen LogP contribution is -2.54. The van der Waals surface area contributed by atoms with Gasteiger partial charge in [0.2, 0.25) is 5.91 Å². The standard InChI is InChI=1S/C16H17N3O3/c20-15(10-17-6-5-12-3-1-2-4-14(12)17)18-7-8-19-13(9-18)11-22-16(19)21/h1-6,13H,7-11H2. The average Bonchev–Trinajstić information content (AvgIpc) is 3.12. The van der Waals surface area contributed by atoms with Crippen LogP contribution in [0.5, 0.6) is 0 Å². The summed E-state index contributed by atoms with van der Waals surface area (Å²) < 4.78 is 7.01. The highest BCUT2D eigenvalue weighted by atomic mass is 16.6. The molecule has 114 valence electrons. The Bertz CT molecular complexity index is 739. The quantitative estimate of drug-likeness (QED) is 0.840. The van der Waals surface area contributed by atoms with Crippen LogP contribution < -0.4 is 0 Å².